The van der Waals surface area contributed by atoms with Gasteiger partial charge in [0.15, 0.2) is 0 Å². The Morgan fingerprint density at radius 1 is 1.00 bits per heavy atom. The van der Waals surface area contributed by atoms with E-state index in [2.05, 4.69) is 10.1 Å². The Labute approximate surface area is 189 Å². The van der Waals surface area contributed by atoms with Crippen LogP contribution in [0.4, 0.5) is 0 Å². The minimum absolute atomic E-state index is 0.0265. The summed E-state index contributed by atoms with van der Waals surface area (Å²) in [6.07, 6.45) is 9.08. The highest BCUT2D eigenvalue weighted by atomic mass is 35.5. The number of ether oxygens (including phenoxy) is 1. The van der Waals surface area contributed by atoms with Gasteiger partial charge in [0.05, 0.1) is 13.2 Å². The van der Waals surface area contributed by atoms with Crippen molar-refractivity contribution < 1.29 is 14.3 Å². The smallest absolute Gasteiger partial charge is 0.342 e. The van der Waals surface area contributed by atoms with Crippen LogP contribution in [0.15, 0.2) is 24.3 Å². The standard InChI is InChI=1S/C22H32Cl3NO3/c1-3-20(27)26-19(17-12-14-18(23)15-13-17)11-9-7-5-4-6-8-10-16-22(24,25)21(28)29-2/h12-15,19H,3-11,16H2,1-2H3,(H,26,27). The third kappa shape index (κ3) is 10.6. The van der Waals surface area contributed by atoms with Gasteiger partial charge in [0, 0.05) is 11.4 Å². The normalized spacial score (nSPS) is 12.4. The predicted octanol–water partition coefficient (Wildman–Crippen LogP) is 6.77. The second-order valence-electron chi connectivity index (χ2n) is 7.23. The van der Waals surface area contributed by atoms with Gasteiger partial charge in [-0.3, -0.25) is 4.79 Å². The number of carbonyl (C=O) groups excluding carboxylic acids is 2. The molecule has 1 aromatic carbocycles. The average Bonchev–Trinajstić information content (AvgIpc) is 2.71. The highest BCUT2D eigenvalue weighted by Gasteiger charge is 2.33. The zero-order chi connectivity index (χ0) is 21.7. The summed E-state index contributed by atoms with van der Waals surface area (Å²) in [7, 11) is 1.28. The highest BCUT2D eigenvalue weighted by Crippen LogP contribution is 2.29. The van der Waals surface area contributed by atoms with Crippen LogP contribution in [0.25, 0.3) is 0 Å². The maximum atomic E-state index is 11.8. The summed E-state index contributed by atoms with van der Waals surface area (Å²) in [5, 5.41) is 3.80. The molecular weight excluding hydrogens is 433 g/mol. The van der Waals surface area contributed by atoms with Crippen LogP contribution in [0, 0.1) is 0 Å². The number of alkyl halides is 2. The Morgan fingerprint density at radius 3 is 2.10 bits per heavy atom. The Balaban J connectivity index is 2.24. The van der Waals surface area contributed by atoms with Gasteiger partial charge in [-0.2, -0.15) is 0 Å². The van der Waals surface area contributed by atoms with Crippen molar-refractivity contribution in [3.05, 3.63) is 34.9 Å². The number of hydrogen-bond acceptors (Lipinski definition) is 3. The first kappa shape index (κ1) is 26.1. The van der Waals surface area contributed by atoms with E-state index in [4.69, 9.17) is 34.8 Å². The lowest BCUT2D eigenvalue weighted by atomic mass is 9.99. The molecule has 0 aliphatic heterocycles. The SMILES string of the molecule is CCC(=O)NC(CCCCCCCCCC(Cl)(Cl)C(=O)OC)c1ccc(Cl)cc1. The first-order valence-electron chi connectivity index (χ1n) is 10.3. The van der Waals surface area contributed by atoms with Crippen molar-refractivity contribution in [2.24, 2.45) is 0 Å². The molecule has 0 aromatic heterocycles. The zero-order valence-electron chi connectivity index (χ0n) is 17.3. The molecular formula is C22H32Cl3NO3. The summed E-state index contributed by atoms with van der Waals surface area (Å²) in [5.74, 6) is -0.530. The first-order chi connectivity index (χ1) is 13.8. The maximum Gasteiger partial charge on any atom is 0.342 e. The molecule has 29 heavy (non-hydrogen) atoms. The van der Waals surface area contributed by atoms with Crippen LogP contribution in [0.3, 0.4) is 0 Å². The topological polar surface area (TPSA) is 55.4 Å². The molecule has 1 amide bonds. The average molecular weight is 465 g/mol. The molecule has 0 saturated heterocycles. The van der Waals surface area contributed by atoms with E-state index < -0.39 is 10.3 Å². The van der Waals surface area contributed by atoms with Gasteiger partial charge < -0.3 is 10.1 Å². The minimum atomic E-state index is -1.44. The largest absolute Gasteiger partial charge is 0.467 e. The van der Waals surface area contributed by atoms with E-state index in [0.717, 1.165) is 56.9 Å². The van der Waals surface area contributed by atoms with Crippen molar-refractivity contribution in [1.29, 1.82) is 0 Å². The van der Waals surface area contributed by atoms with E-state index in [9.17, 15) is 9.59 Å². The third-order valence-corrected chi connectivity index (χ3v) is 5.83. The van der Waals surface area contributed by atoms with E-state index in [1.807, 2.05) is 31.2 Å². The van der Waals surface area contributed by atoms with Crippen molar-refractivity contribution in [2.45, 2.75) is 81.5 Å². The van der Waals surface area contributed by atoms with E-state index in [1.54, 1.807) is 0 Å². The van der Waals surface area contributed by atoms with Crippen molar-refractivity contribution in [3.63, 3.8) is 0 Å². The fourth-order valence-corrected chi connectivity index (χ4v) is 3.69. The van der Waals surface area contributed by atoms with E-state index in [-0.39, 0.29) is 11.9 Å². The van der Waals surface area contributed by atoms with Crippen LogP contribution in [-0.4, -0.2) is 23.3 Å². The number of methoxy groups -OCH3 is 1. The van der Waals surface area contributed by atoms with E-state index >= 15 is 0 Å². The van der Waals surface area contributed by atoms with Gasteiger partial charge >= 0.3 is 5.97 Å². The highest BCUT2D eigenvalue weighted by molar-refractivity contribution is 6.57. The fraction of sp³-hybridized carbons (Fsp3) is 0.636. The van der Waals surface area contributed by atoms with Gasteiger partial charge in [-0.1, -0.05) is 92.4 Å². The molecule has 164 valence electrons. The van der Waals surface area contributed by atoms with E-state index in [1.165, 1.54) is 7.11 Å². The molecule has 1 atom stereocenters. The second-order valence-corrected chi connectivity index (χ2v) is 9.16. The quantitative estimate of drug-likeness (QED) is 0.188. The third-order valence-electron chi connectivity index (χ3n) is 4.90. The zero-order valence-corrected chi connectivity index (χ0v) is 19.6. The lowest BCUT2D eigenvalue weighted by Crippen LogP contribution is -2.27. The monoisotopic (exact) mass is 463 g/mol. The molecule has 0 fully saturated rings. The van der Waals surface area contributed by atoms with Gasteiger partial charge in [-0.25, -0.2) is 4.79 Å². The fourth-order valence-electron chi connectivity index (χ4n) is 3.14. The molecule has 1 rings (SSSR count). The summed E-state index contributed by atoms with van der Waals surface area (Å²) in [4.78, 5) is 23.3. The molecule has 1 unspecified atom stereocenters. The summed E-state index contributed by atoms with van der Waals surface area (Å²) in [6.45, 7) is 1.86. The van der Waals surface area contributed by atoms with Crippen molar-refractivity contribution >= 4 is 46.7 Å². The maximum absolute atomic E-state index is 11.8. The van der Waals surface area contributed by atoms with Crippen LogP contribution in [0.2, 0.25) is 5.02 Å². The lowest BCUT2D eigenvalue weighted by molar-refractivity contribution is -0.141. The number of rotatable bonds is 14. The molecule has 0 heterocycles. The van der Waals surface area contributed by atoms with Crippen LogP contribution >= 0.6 is 34.8 Å². The lowest BCUT2D eigenvalue weighted by Gasteiger charge is -2.19. The molecule has 0 spiro atoms. The van der Waals surface area contributed by atoms with E-state index in [0.29, 0.717) is 17.9 Å². The molecule has 0 radical (unpaired) electrons. The first-order valence-corrected chi connectivity index (χ1v) is 11.4. The second kappa shape index (κ2) is 14.1. The number of carbonyl (C=O) groups is 2. The predicted molar refractivity (Wildman–Crippen MR) is 121 cm³/mol. The summed E-state index contributed by atoms with van der Waals surface area (Å²) in [5.41, 5.74) is 1.09. The summed E-state index contributed by atoms with van der Waals surface area (Å²) in [6, 6.07) is 7.70. The Bertz CT molecular complexity index is 620. The van der Waals surface area contributed by atoms with Crippen molar-refractivity contribution in [1.82, 2.24) is 5.32 Å². The molecule has 7 heteroatoms. The number of benzene rings is 1. The Morgan fingerprint density at radius 2 is 1.55 bits per heavy atom. The Hall–Kier alpha value is -0.970. The molecule has 1 aromatic rings. The minimum Gasteiger partial charge on any atom is -0.467 e. The molecule has 0 saturated carbocycles. The number of nitrogens with one attached hydrogen (secondary N) is 1. The van der Waals surface area contributed by atoms with Crippen LogP contribution < -0.4 is 5.32 Å². The van der Waals surface area contributed by atoms with Gasteiger partial charge in [-0.15, -0.1) is 0 Å². The Kier molecular flexibility index (Phi) is 12.7. The summed E-state index contributed by atoms with van der Waals surface area (Å²) < 4.78 is 3.15. The van der Waals surface area contributed by atoms with Gasteiger partial charge in [0.25, 0.3) is 0 Å². The van der Waals surface area contributed by atoms with Gasteiger partial charge in [-0.05, 0) is 37.0 Å². The number of esters is 1. The van der Waals surface area contributed by atoms with Gasteiger partial charge in [0.1, 0.15) is 0 Å². The molecule has 0 bridgehead atoms. The number of hydrogen-bond donors (Lipinski definition) is 1. The van der Waals surface area contributed by atoms with Crippen molar-refractivity contribution in [2.75, 3.05) is 7.11 Å². The van der Waals surface area contributed by atoms with Crippen LogP contribution in [0.1, 0.15) is 82.7 Å². The number of halogens is 3. The molecule has 1 N–H and O–H groups in total. The summed E-state index contributed by atoms with van der Waals surface area (Å²) >= 11 is 17.9. The molecule has 0 aliphatic carbocycles. The molecule has 0 aliphatic rings. The van der Waals surface area contributed by atoms with Crippen LogP contribution in [-0.2, 0) is 14.3 Å². The van der Waals surface area contributed by atoms with Crippen molar-refractivity contribution in [3.8, 4) is 0 Å². The molecule has 4 nitrogen and oxygen atoms in total. The van der Waals surface area contributed by atoms with Crippen LogP contribution in [0.5, 0.6) is 0 Å². The number of amides is 1. The van der Waals surface area contributed by atoms with Gasteiger partial charge in [0.2, 0.25) is 10.2 Å². The number of unbranched alkanes of at least 4 members (excludes halogenated alkanes) is 6.